The largest absolute Gasteiger partial charge is 0.496 e. The zero-order valence-electron chi connectivity index (χ0n) is 9.61. The quantitative estimate of drug-likeness (QED) is 0.781. The third kappa shape index (κ3) is 2.34. The summed E-state index contributed by atoms with van der Waals surface area (Å²) in [5, 5.41) is 0.440. The summed E-state index contributed by atoms with van der Waals surface area (Å²) >= 11 is 5.89. The SMILES string of the molecule is COc1cccc(OC)c1-c1cccc(Cl)n1. The van der Waals surface area contributed by atoms with Gasteiger partial charge in [-0.1, -0.05) is 23.7 Å². The zero-order chi connectivity index (χ0) is 12.3. The molecule has 0 unspecified atom stereocenters. The molecule has 0 spiro atoms. The van der Waals surface area contributed by atoms with Crippen molar-refractivity contribution in [2.24, 2.45) is 0 Å². The molecule has 2 aromatic rings. The van der Waals surface area contributed by atoms with Crippen LogP contribution in [0, 0.1) is 0 Å². The van der Waals surface area contributed by atoms with Gasteiger partial charge in [0.25, 0.3) is 0 Å². The van der Waals surface area contributed by atoms with Crippen molar-refractivity contribution >= 4 is 11.6 Å². The molecule has 17 heavy (non-hydrogen) atoms. The second kappa shape index (κ2) is 5.06. The zero-order valence-corrected chi connectivity index (χ0v) is 10.4. The maximum Gasteiger partial charge on any atom is 0.132 e. The van der Waals surface area contributed by atoms with Crippen molar-refractivity contribution in [1.82, 2.24) is 4.98 Å². The van der Waals surface area contributed by atoms with Gasteiger partial charge in [0.2, 0.25) is 0 Å². The molecule has 0 amide bonds. The third-order valence-electron chi connectivity index (χ3n) is 2.40. The summed E-state index contributed by atoms with van der Waals surface area (Å²) in [5.41, 5.74) is 1.53. The smallest absolute Gasteiger partial charge is 0.132 e. The summed E-state index contributed by atoms with van der Waals surface area (Å²) in [6, 6.07) is 11.0. The number of hydrogen-bond donors (Lipinski definition) is 0. The lowest BCUT2D eigenvalue weighted by molar-refractivity contribution is 0.397. The molecular formula is C13H12ClNO2. The maximum atomic E-state index is 5.89. The molecule has 4 heteroatoms. The monoisotopic (exact) mass is 249 g/mol. The van der Waals surface area contributed by atoms with Crippen molar-refractivity contribution in [1.29, 1.82) is 0 Å². The van der Waals surface area contributed by atoms with E-state index in [2.05, 4.69) is 4.98 Å². The van der Waals surface area contributed by atoms with E-state index in [9.17, 15) is 0 Å². The van der Waals surface area contributed by atoms with Gasteiger partial charge in [0, 0.05) is 0 Å². The van der Waals surface area contributed by atoms with Crippen molar-refractivity contribution < 1.29 is 9.47 Å². The molecule has 1 heterocycles. The van der Waals surface area contributed by atoms with E-state index in [1.54, 1.807) is 20.3 Å². The number of hydrogen-bond acceptors (Lipinski definition) is 3. The molecule has 0 atom stereocenters. The molecule has 0 aliphatic rings. The molecule has 1 aromatic heterocycles. The van der Waals surface area contributed by atoms with Gasteiger partial charge < -0.3 is 9.47 Å². The molecule has 0 saturated heterocycles. The van der Waals surface area contributed by atoms with E-state index in [0.29, 0.717) is 16.7 Å². The van der Waals surface area contributed by atoms with Crippen LogP contribution in [-0.4, -0.2) is 19.2 Å². The normalized spacial score (nSPS) is 10.1. The van der Waals surface area contributed by atoms with E-state index in [4.69, 9.17) is 21.1 Å². The van der Waals surface area contributed by atoms with Crippen LogP contribution in [-0.2, 0) is 0 Å². The van der Waals surface area contributed by atoms with Crippen LogP contribution in [0.15, 0.2) is 36.4 Å². The maximum absolute atomic E-state index is 5.89. The minimum atomic E-state index is 0.440. The highest BCUT2D eigenvalue weighted by atomic mass is 35.5. The van der Waals surface area contributed by atoms with Crippen LogP contribution < -0.4 is 9.47 Å². The highest BCUT2D eigenvalue weighted by Gasteiger charge is 2.13. The van der Waals surface area contributed by atoms with Gasteiger partial charge in [-0.25, -0.2) is 4.98 Å². The first kappa shape index (κ1) is 11.7. The number of ether oxygens (including phenoxy) is 2. The van der Waals surface area contributed by atoms with Crippen LogP contribution >= 0.6 is 11.6 Å². The van der Waals surface area contributed by atoms with Crippen LogP contribution in [0.1, 0.15) is 0 Å². The van der Waals surface area contributed by atoms with Gasteiger partial charge >= 0.3 is 0 Å². The number of aromatic nitrogens is 1. The molecule has 0 saturated carbocycles. The van der Waals surface area contributed by atoms with Crippen LogP contribution in [0.5, 0.6) is 11.5 Å². The van der Waals surface area contributed by atoms with Crippen molar-refractivity contribution in [2.75, 3.05) is 14.2 Å². The van der Waals surface area contributed by atoms with E-state index < -0.39 is 0 Å². The number of benzene rings is 1. The Morgan fingerprint density at radius 1 is 0.941 bits per heavy atom. The molecule has 1 aromatic carbocycles. The van der Waals surface area contributed by atoms with Gasteiger partial charge in [0.05, 0.1) is 25.5 Å². The highest BCUT2D eigenvalue weighted by molar-refractivity contribution is 6.29. The van der Waals surface area contributed by atoms with Crippen molar-refractivity contribution in [3.05, 3.63) is 41.6 Å². The van der Waals surface area contributed by atoms with Gasteiger partial charge in [-0.2, -0.15) is 0 Å². The van der Waals surface area contributed by atoms with E-state index in [1.165, 1.54) is 0 Å². The average molecular weight is 250 g/mol. The fourth-order valence-corrected chi connectivity index (χ4v) is 1.81. The van der Waals surface area contributed by atoms with Crippen LogP contribution in [0.25, 0.3) is 11.3 Å². The first-order valence-corrected chi connectivity index (χ1v) is 5.48. The number of methoxy groups -OCH3 is 2. The fraction of sp³-hybridized carbons (Fsp3) is 0.154. The summed E-state index contributed by atoms with van der Waals surface area (Å²) in [6.45, 7) is 0. The van der Waals surface area contributed by atoms with Crippen molar-refractivity contribution in [3.8, 4) is 22.8 Å². The van der Waals surface area contributed by atoms with Crippen LogP contribution in [0.2, 0.25) is 5.15 Å². The fourth-order valence-electron chi connectivity index (χ4n) is 1.65. The van der Waals surface area contributed by atoms with Gasteiger partial charge in [-0.15, -0.1) is 0 Å². The minimum Gasteiger partial charge on any atom is -0.496 e. The molecule has 0 radical (unpaired) electrons. The summed E-state index contributed by atoms with van der Waals surface area (Å²) in [7, 11) is 3.23. The van der Waals surface area contributed by atoms with Gasteiger partial charge in [0.1, 0.15) is 16.7 Å². The minimum absolute atomic E-state index is 0.440. The van der Waals surface area contributed by atoms with Gasteiger partial charge in [-0.05, 0) is 24.3 Å². The number of rotatable bonds is 3. The lowest BCUT2D eigenvalue weighted by Crippen LogP contribution is -1.94. The van der Waals surface area contributed by atoms with Crippen molar-refractivity contribution in [2.45, 2.75) is 0 Å². The molecule has 0 aliphatic carbocycles. The second-order valence-corrected chi connectivity index (χ2v) is 3.77. The second-order valence-electron chi connectivity index (χ2n) is 3.38. The number of nitrogens with zero attached hydrogens (tertiary/aromatic N) is 1. The molecule has 2 rings (SSSR count). The molecule has 0 bridgehead atoms. The van der Waals surface area contributed by atoms with Gasteiger partial charge in [-0.3, -0.25) is 0 Å². The average Bonchev–Trinajstić information content (AvgIpc) is 2.37. The number of halogens is 1. The Morgan fingerprint density at radius 2 is 1.53 bits per heavy atom. The van der Waals surface area contributed by atoms with E-state index in [-0.39, 0.29) is 0 Å². The Balaban J connectivity index is 2.64. The van der Waals surface area contributed by atoms with Crippen LogP contribution in [0.4, 0.5) is 0 Å². The van der Waals surface area contributed by atoms with E-state index in [1.807, 2.05) is 30.3 Å². The van der Waals surface area contributed by atoms with Crippen LogP contribution in [0.3, 0.4) is 0 Å². The predicted octanol–water partition coefficient (Wildman–Crippen LogP) is 3.42. The molecule has 3 nitrogen and oxygen atoms in total. The Morgan fingerprint density at radius 3 is 2.06 bits per heavy atom. The first-order chi connectivity index (χ1) is 8.26. The Hall–Kier alpha value is -1.74. The predicted molar refractivity (Wildman–Crippen MR) is 67.8 cm³/mol. The molecule has 0 fully saturated rings. The summed E-state index contributed by atoms with van der Waals surface area (Å²) in [5.74, 6) is 1.42. The Bertz CT molecular complexity index is 506. The van der Waals surface area contributed by atoms with Gasteiger partial charge in [0.15, 0.2) is 0 Å². The molecule has 0 aliphatic heterocycles. The summed E-state index contributed by atoms with van der Waals surface area (Å²) in [4.78, 5) is 4.27. The molecule has 0 N–H and O–H groups in total. The molecular weight excluding hydrogens is 238 g/mol. The van der Waals surface area contributed by atoms with E-state index in [0.717, 1.165) is 11.3 Å². The van der Waals surface area contributed by atoms with Crippen molar-refractivity contribution in [3.63, 3.8) is 0 Å². The lowest BCUT2D eigenvalue weighted by atomic mass is 10.1. The standard InChI is InChI=1S/C13H12ClNO2/c1-16-10-6-4-7-11(17-2)13(10)9-5-3-8-12(14)15-9/h3-8H,1-2H3. The first-order valence-electron chi connectivity index (χ1n) is 5.10. The summed E-state index contributed by atoms with van der Waals surface area (Å²) < 4.78 is 10.6. The number of pyridine rings is 1. The molecule has 88 valence electrons. The Kier molecular flexibility index (Phi) is 3.49. The highest BCUT2D eigenvalue weighted by Crippen LogP contribution is 2.37. The third-order valence-corrected chi connectivity index (χ3v) is 2.61. The topological polar surface area (TPSA) is 31.4 Å². The lowest BCUT2D eigenvalue weighted by Gasteiger charge is -2.12. The Labute approximate surface area is 105 Å². The summed E-state index contributed by atoms with van der Waals surface area (Å²) in [6.07, 6.45) is 0. The van der Waals surface area contributed by atoms with E-state index >= 15 is 0 Å².